The van der Waals surface area contributed by atoms with Crippen LogP contribution in [-0.4, -0.2) is 15.0 Å². The summed E-state index contributed by atoms with van der Waals surface area (Å²) in [7, 11) is 0. The predicted molar refractivity (Wildman–Crippen MR) is 103 cm³/mol. The van der Waals surface area contributed by atoms with Gasteiger partial charge in [-0.2, -0.15) is 15.8 Å². The zero-order chi connectivity index (χ0) is 20.2. The fourth-order valence-corrected chi connectivity index (χ4v) is 3.70. The number of aromatic nitrogens is 3. The number of allylic oxidation sites excluding steroid dienone is 1. The molecule has 3 heterocycles. The Kier molecular flexibility index (Phi) is 3.19. The van der Waals surface area contributed by atoms with E-state index in [2.05, 4.69) is 15.0 Å². The van der Waals surface area contributed by atoms with Gasteiger partial charge in [0.25, 0.3) is 0 Å². The Labute approximate surface area is 163 Å². The van der Waals surface area contributed by atoms with Crippen LogP contribution in [0.3, 0.4) is 0 Å². The molecule has 8 heteroatoms. The maximum absolute atomic E-state index is 10.0. The van der Waals surface area contributed by atoms with Gasteiger partial charge < -0.3 is 10.5 Å². The van der Waals surface area contributed by atoms with E-state index in [4.69, 9.17) is 10.5 Å². The van der Waals surface area contributed by atoms with Crippen molar-refractivity contribution >= 4 is 33.0 Å². The lowest BCUT2D eigenvalue weighted by Crippen LogP contribution is -2.34. The molecule has 0 radical (unpaired) electrons. The molecule has 29 heavy (non-hydrogen) atoms. The summed E-state index contributed by atoms with van der Waals surface area (Å²) in [5, 5.41) is 31.0. The molecule has 0 fully saturated rings. The van der Waals surface area contributed by atoms with Gasteiger partial charge in [0.15, 0.2) is 5.65 Å². The molecular weight excluding hydrogens is 366 g/mol. The number of rotatable bonds is 0. The zero-order valence-corrected chi connectivity index (χ0v) is 14.7. The second-order valence-electron chi connectivity index (χ2n) is 6.44. The second kappa shape index (κ2) is 5.63. The maximum Gasteiger partial charge on any atom is 0.214 e. The Morgan fingerprint density at radius 1 is 0.931 bits per heavy atom. The molecule has 5 rings (SSSR count). The smallest absolute Gasteiger partial charge is 0.214 e. The molecule has 1 aliphatic rings. The van der Waals surface area contributed by atoms with Crippen molar-refractivity contribution in [1.29, 1.82) is 15.8 Å². The predicted octanol–water partition coefficient (Wildman–Crippen LogP) is 2.70. The van der Waals surface area contributed by atoms with E-state index >= 15 is 0 Å². The van der Waals surface area contributed by atoms with Crippen molar-refractivity contribution in [2.75, 3.05) is 0 Å². The number of fused-ring (bicyclic) bond motifs is 7. The van der Waals surface area contributed by atoms with Crippen molar-refractivity contribution in [2.45, 2.75) is 5.41 Å². The molecule has 1 aliphatic heterocycles. The summed E-state index contributed by atoms with van der Waals surface area (Å²) in [6.07, 6.45) is 1.61. The summed E-state index contributed by atoms with van der Waals surface area (Å²) in [6.45, 7) is 0. The Balaban J connectivity index is 2.12. The van der Waals surface area contributed by atoms with Gasteiger partial charge >= 0.3 is 0 Å². The molecule has 0 bridgehead atoms. The van der Waals surface area contributed by atoms with Crippen LogP contribution in [0.5, 0.6) is 5.75 Å². The SMILES string of the molecule is N#CC1=C(N)Oc2c(c3nc4cccnc4nc3c3ccccc23)C1(C#N)C#N. The van der Waals surface area contributed by atoms with Gasteiger partial charge in [0.2, 0.25) is 11.3 Å². The van der Waals surface area contributed by atoms with Gasteiger partial charge in [-0.05, 0) is 12.1 Å². The number of benzene rings is 2. The number of hydrogen-bond donors (Lipinski definition) is 1. The van der Waals surface area contributed by atoms with Crippen LogP contribution in [0.4, 0.5) is 0 Å². The average molecular weight is 375 g/mol. The highest BCUT2D eigenvalue weighted by Crippen LogP contribution is 2.49. The highest BCUT2D eigenvalue weighted by molar-refractivity contribution is 6.11. The van der Waals surface area contributed by atoms with Crippen molar-refractivity contribution < 1.29 is 4.74 Å². The highest BCUT2D eigenvalue weighted by atomic mass is 16.5. The standard InChI is InChI=1S/C21H9N7O/c22-8-13-19(25)29-18-12-5-2-1-4-11(12)16-17(15(18)21(13,9-23)10-24)27-14-6-3-7-26-20(14)28-16/h1-7H,25H2. The van der Waals surface area contributed by atoms with E-state index in [9.17, 15) is 15.8 Å². The lowest BCUT2D eigenvalue weighted by Gasteiger charge is -2.29. The summed E-state index contributed by atoms with van der Waals surface area (Å²) in [5.74, 6) is -0.0479. The minimum atomic E-state index is -1.97. The van der Waals surface area contributed by atoms with Crippen LogP contribution in [0.2, 0.25) is 0 Å². The number of pyridine rings is 1. The van der Waals surface area contributed by atoms with Crippen LogP contribution in [0.1, 0.15) is 5.56 Å². The normalized spacial score (nSPS) is 14.7. The fraction of sp³-hybridized carbons (Fsp3) is 0.0476. The van der Waals surface area contributed by atoms with Gasteiger partial charge in [-0.3, -0.25) is 0 Å². The van der Waals surface area contributed by atoms with Gasteiger partial charge in [0.1, 0.15) is 28.4 Å². The van der Waals surface area contributed by atoms with Crippen LogP contribution in [0.15, 0.2) is 54.1 Å². The van der Waals surface area contributed by atoms with Gasteiger partial charge in [-0.25, -0.2) is 15.0 Å². The van der Waals surface area contributed by atoms with Crippen LogP contribution in [0, 0.1) is 34.0 Å². The number of hydrogen-bond acceptors (Lipinski definition) is 8. The first-order valence-corrected chi connectivity index (χ1v) is 8.53. The number of nitrogens with two attached hydrogens (primary N) is 1. The topological polar surface area (TPSA) is 145 Å². The zero-order valence-electron chi connectivity index (χ0n) is 14.7. The molecule has 2 aromatic carbocycles. The summed E-state index contributed by atoms with van der Waals surface area (Å²) < 4.78 is 5.78. The maximum atomic E-state index is 10.0. The van der Waals surface area contributed by atoms with Crippen molar-refractivity contribution in [2.24, 2.45) is 5.73 Å². The minimum Gasteiger partial charge on any atom is -0.439 e. The fourth-order valence-electron chi connectivity index (χ4n) is 3.70. The van der Waals surface area contributed by atoms with E-state index in [-0.39, 0.29) is 22.8 Å². The third kappa shape index (κ3) is 1.96. The van der Waals surface area contributed by atoms with Gasteiger partial charge in [0.05, 0.1) is 23.2 Å². The molecule has 0 atom stereocenters. The van der Waals surface area contributed by atoms with Gasteiger partial charge in [0, 0.05) is 17.0 Å². The van der Waals surface area contributed by atoms with E-state index in [1.54, 1.807) is 30.5 Å². The van der Waals surface area contributed by atoms with Crippen LogP contribution >= 0.6 is 0 Å². The number of ether oxygens (including phenoxy) is 1. The quantitative estimate of drug-likeness (QED) is 0.365. The third-order valence-corrected chi connectivity index (χ3v) is 4.99. The molecule has 134 valence electrons. The van der Waals surface area contributed by atoms with Crippen molar-refractivity contribution in [3.05, 3.63) is 59.6 Å². The summed E-state index contributed by atoms with van der Waals surface area (Å²) in [6, 6.07) is 16.5. The first-order valence-electron chi connectivity index (χ1n) is 8.53. The minimum absolute atomic E-state index is 0.167. The number of nitriles is 3. The van der Waals surface area contributed by atoms with Crippen LogP contribution in [0.25, 0.3) is 33.0 Å². The number of nitrogens with zero attached hydrogens (tertiary/aromatic N) is 6. The first kappa shape index (κ1) is 16.4. The first-order chi connectivity index (χ1) is 14.1. The van der Waals surface area contributed by atoms with E-state index in [0.29, 0.717) is 33.0 Å². The van der Waals surface area contributed by atoms with E-state index < -0.39 is 5.41 Å². The largest absolute Gasteiger partial charge is 0.439 e. The summed E-state index contributed by atoms with van der Waals surface area (Å²) in [5.41, 5.74) is 5.54. The lowest BCUT2D eigenvalue weighted by molar-refractivity contribution is 0.392. The molecule has 2 aromatic heterocycles. The molecule has 2 N–H and O–H groups in total. The second-order valence-corrected chi connectivity index (χ2v) is 6.44. The molecule has 8 nitrogen and oxygen atoms in total. The Morgan fingerprint density at radius 2 is 1.69 bits per heavy atom. The molecule has 0 spiro atoms. The third-order valence-electron chi connectivity index (χ3n) is 4.99. The molecule has 4 aromatic rings. The summed E-state index contributed by atoms with van der Waals surface area (Å²) in [4.78, 5) is 13.5. The van der Waals surface area contributed by atoms with E-state index in [0.717, 1.165) is 0 Å². The molecule has 0 saturated heterocycles. The van der Waals surface area contributed by atoms with Crippen LogP contribution in [-0.2, 0) is 5.41 Å². The molecule has 0 unspecified atom stereocenters. The molecule has 0 aliphatic carbocycles. The van der Waals surface area contributed by atoms with Gasteiger partial charge in [-0.15, -0.1) is 0 Å². The lowest BCUT2D eigenvalue weighted by atomic mass is 9.74. The summed E-state index contributed by atoms with van der Waals surface area (Å²) >= 11 is 0. The van der Waals surface area contributed by atoms with Crippen molar-refractivity contribution in [3.8, 4) is 24.0 Å². The Bertz CT molecular complexity index is 1520. The van der Waals surface area contributed by atoms with E-state index in [1.807, 2.05) is 30.3 Å². The Morgan fingerprint density at radius 3 is 2.41 bits per heavy atom. The molecular formula is C21H9N7O. The monoisotopic (exact) mass is 375 g/mol. The van der Waals surface area contributed by atoms with Gasteiger partial charge in [-0.1, -0.05) is 24.3 Å². The van der Waals surface area contributed by atoms with Crippen molar-refractivity contribution in [1.82, 2.24) is 15.0 Å². The highest BCUT2D eigenvalue weighted by Gasteiger charge is 2.48. The van der Waals surface area contributed by atoms with Crippen molar-refractivity contribution in [3.63, 3.8) is 0 Å². The Hall–Kier alpha value is -4.74. The average Bonchev–Trinajstić information content (AvgIpc) is 2.77. The molecule has 0 amide bonds. The van der Waals surface area contributed by atoms with E-state index in [1.165, 1.54) is 0 Å². The molecule has 0 saturated carbocycles. The van der Waals surface area contributed by atoms with Crippen LogP contribution < -0.4 is 10.5 Å².